The van der Waals surface area contributed by atoms with E-state index in [0.29, 0.717) is 21.9 Å². The number of thiophene rings is 1. The molecule has 0 spiro atoms. The number of para-hydroxylation sites is 1. The Bertz CT molecular complexity index is 1250. The fourth-order valence-corrected chi connectivity index (χ4v) is 5.04. The number of fused-ring (bicyclic) bond motifs is 1. The van der Waals surface area contributed by atoms with E-state index in [1.165, 1.54) is 11.8 Å². The van der Waals surface area contributed by atoms with Gasteiger partial charge in [0, 0.05) is 10.6 Å². The van der Waals surface area contributed by atoms with E-state index < -0.39 is 0 Å². The highest BCUT2D eigenvalue weighted by atomic mass is 32.2. The quantitative estimate of drug-likeness (QED) is 0.346. The van der Waals surface area contributed by atoms with Gasteiger partial charge in [0.25, 0.3) is 5.56 Å². The van der Waals surface area contributed by atoms with Gasteiger partial charge in [-0.05, 0) is 49.2 Å². The molecule has 2 aromatic carbocycles. The van der Waals surface area contributed by atoms with E-state index in [9.17, 15) is 4.79 Å². The molecule has 0 fully saturated rings. The van der Waals surface area contributed by atoms with Crippen molar-refractivity contribution >= 4 is 33.3 Å². The normalized spacial score (nSPS) is 10.9. The number of aryl methyl sites for hydroxylation is 2. The third-order valence-electron chi connectivity index (χ3n) is 4.64. The lowest BCUT2D eigenvalue weighted by Gasteiger charge is -2.12. The molecule has 28 heavy (non-hydrogen) atoms. The van der Waals surface area contributed by atoms with Crippen LogP contribution in [-0.4, -0.2) is 9.55 Å². The van der Waals surface area contributed by atoms with Crippen molar-refractivity contribution in [2.24, 2.45) is 0 Å². The molecule has 0 amide bonds. The first kappa shape index (κ1) is 18.5. The SMILES string of the molecule is Cc1sc2nc(SCc3ccc(C#N)cc3)n(-c3ccccc3)c(=O)c2c1C. The maximum Gasteiger partial charge on any atom is 0.267 e. The Balaban J connectivity index is 1.81. The van der Waals surface area contributed by atoms with Crippen LogP contribution >= 0.6 is 23.1 Å². The van der Waals surface area contributed by atoms with Crippen LogP contribution in [0.15, 0.2) is 64.5 Å². The van der Waals surface area contributed by atoms with Gasteiger partial charge in [-0.1, -0.05) is 42.1 Å². The zero-order valence-corrected chi connectivity index (χ0v) is 17.1. The number of hydrogen-bond donors (Lipinski definition) is 0. The molecule has 4 aromatic rings. The largest absolute Gasteiger partial charge is 0.268 e. The highest BCUT2D eigenvalue weighted by Crippen LogP contribution is 2.30. The Morgan fingerprint density at radius 1 is 1.11 bits per heavy atom. The Morgan fingerprint density at radius 3 is 2.50 bits per heavy atom. The van der Waals surface area contributed by atoms with Crippen LogP contribution in [0, 0.1) is 25.2 Å². The molecule has 4 rings (SSSR count). The topological polar surface area (TPSA) is 58.7 Å². The minimum Gasteiger partial charge on any atom is -0.268 e. The lowest BCUT2D eigenvalue weighted by atomic mass is 10.2. The average molecular weight is 404 g/mol. The summed E-state index contributed by atoms with van der Waals surface area (Å²) in [6.07, 6.45) is 0. The van der Waals surface area contributed by atoms with E-state index in [1.54, 1.807) is 15.9 Å². The number of nitriles is 1. The molecule has 4 nitrogen and oxygen atoms in total. The number of thioether (sulfide) groups is 1. The molecule has 0 aliphatic carbocycles. The third kappa shape index (κ3) is 3.35. The molecule has 2 heterocycles. The van der Waals surface area contributed by atoms with E-state index in [1.807, 2.05) is 68.4 Å². The summed E-state index contributed by atoms with van der Waals surface area (Å²) in [7, 11) is 0. The minimum atomic E-state index is -0.0274. The molecule has 0 atom stereocenters. The van der Waals surface area contributed by atoms with Gasteiger partial charge in [-0.25, -0.2) is 4.98 Å². The van der Waals surface area contributed by atoms with Crippen LogP contribution in [0.4, 0.5) is 0 Å². The molecule has 0 aliphatic rings. The van der Waals surface area contributed by atoms with E-state index in [2.05, 4.69) is 6.07 Å². The molecular weight excluding hydrogens is 386 g/mol. The van der Waals surface area contributed by atoms with Crippen molar-refractivity contribution in [1.82, 2.24) is 9.55 Å². The van der Waals surface area contributed by atoms with Gasteiger partial charge in [0.15, 0.2) is 5.16 Å². The number of aromatic nitrogens is 2. The summed E-state index contributed by atoms with van der Waals surface area (Å²) in [6.45, 7) is 4.01. The molecule has 0 saturated carbocycles. The second-order valence-electron chi connectivity index (χ2n) is 6.43. The lowest BCUT2D eigenvalue weighted by Crippen LogP contribution is -2.21. The van der Waals surface area contributed by atoms with Gasteiger partial charge in [0.1, 0.15) is 4.83 Å². The molecular formula is C22H17N3OS2. The first-order valence-corrected chi connectivity index (χ1v) is 10.6. The van der Waals surface area contributed by atoms with E-state index >= 15 is 0 Å². The van der Waals surface area contributed by atoms with E-state index in [0.717, 1.165) is 26.5 Å². The van der Waals surface area contributed by atoms with Gasteiger partial charge in [-0.2, -0.15) is 5.26 Å². The lowest BCUT2D eigenvalue weighted by molar-refractivity contribution is 0.822. The third-order valence-corrected chi connectivity index (χ3v) is 6.75. The highest BCUT2D eigenvalue weighted by molar-refractivity contribution is 7.98. The van der Waals surface area contributed by atoms with Crippen molar-refractivity contribution < 1.29 is 0 Å². The van der Waals surface area contributed by atoms with Crippen LogP contribution in [0.2, 0.25) is 0 Å². The molecule has 0 bridgehead atoms. The van der Waals surface area contributed by atoms with Crippen LogP contribution in [0.5, 0.6) is 0 Å². The molecule has 6 heteroatoms. The predicted octanol–water partition coefficient (Wildman–Crippen LogP) is 5.23. The van der Waals surface area contributed by atoms with Crippen LogP contribution in [0.1, 0.15) is 21.6 Å². The van der Waals surface area contributed by atoms with Crippen molar-refractivity contribution in [3.8, 4) is 11.8 Å². The minimum absolute atomic E-state index is 0.0274. The second kappa shape index (κ2) is 7.63. The number of hydrogen-bond acceptors (Lipinski definition) is 5. The highest BCUT2D eigenvalue weighted by Gasteiger charge is 2.18. The zero-order valence-electron chi connectivity index (χ0n) is 15.5. The van der Waals surface area contributed by atoms with Crippen LogP contribution in [-0.2, 0) is 5.75 Å². The van der Waals surface area contributed by atoms with Gasteiger partial charge < -0.3 is 0 Å². The van der Waals surface area contributed by atoms with Crippen LogP contribution in [0.25, 0.3) is 15.9 Å². The fraction of sp³-hybridized carbons (Fsp3) is 0.136. The number of benzene rings is 2. The molecule has 0 N–H and O–H groups in total. The van der Waals surface area contributed by atoms with Gasteiger partial charge in [-0.15, -0.1) is 11.3 Å². The zero-order chi connectivity index (χ0) is 19.7. The molecule has 0 radical (unpaired) electrons. The van der Waals surface area contributed by atoms with Gasteiger partial charge in [0.2, 0.25) is 0 Å². The molecule has 0 saturated heterocycles. The summed E-state index contributed by atoms with van der Waals surface area (Å²) in [5.41, 5.74) is 3.51. The Hall–Kier alpha value is -2.88. The first-order valence-electron chi connectivity index (χ1n) is 8.78. The summed E-state index contributed by atoms with van der Waals surface area (Å²) in [5, 5.41) is 10.3. The Kier molecular flexibility index (Phi) is 5.03. The van der Waals surface area contributed by atoms with Gasteiger partial charge >= 0.3 is 0 Å². The molecule has 2 aromatic heterocycles. The number of rotatable bonds is 4. The van der Waals surface area contributed by atoms with Crippen LogP contribution < -0.4 is 5.56 Å². The van der Waals surface area contributed by atoms with Crippen molar-refractivity contribution in [1.29, 1.82) is 5.26 Å². The van der Waals surface area contributed by atoms with E-state index in [-0.39, 0.29) is 5.56 Å². The fourth-order valence-electron chi connectivity index (χ4n) is 3.00. The smallest absolute Gasteiger partial charge is 0.267 e. The summed E-state index contributed by atoms with van der Waals surface area (Å²) in [5.74, 6) is 0.666. The van der Waals surface area contributed by atoms with Crippen molar-refractivity contribution in [3.63, 3.8) is 0 Å². The van der Waals surface area contributed by atoms with Crippen molar-refractivity contribution in [2.75, 3.05) is 0 Å². The summed E-state index contributed by atoms with van der Waals surface area (Å²) in [4.78, 5) is 20.1. The monoisotopic (exact) mass is 403 g/mol. The average Bonchev–Trinajstić information content (AvgIpc) is 3.01. The Morgan fingerprint density at radius 2 is 1.82 bits per heavy atom. The standard InChI is InChI=1S/C22H17N3OS2/c1-14-15(2)28-20-19(14)21(26)25(18-6-4-3-5-7-18)22(24-20)27-13-17-10-8-16(12-23)9-11-17/h3-11H,13H2,1-2H3. The summed E-state index contributed by atoms with van der Waals surface area (Å²) in [6, 6.07) is 19.3. The first-order chi connectivity index (χ1) is 13.6. The summed E-state index contributed by atoms with van der Waals surface area (Å²) < 4.78 is 1.70. The van der Waals surface area contributed by atoms with Crippen molar-refractivity contribution in [3.05, 3.63) is 86.5 Å². The van der Waals surface area contributed by atoms with Crippen molar-refractivity contribution in [2.45, 2.75) is 24.8 Å². The van der Waals surface area contributed by atoms with Gasteiger partial charge in [-0.3, -0.25) is 9.36 Å². The predicted molar refractivity (Wildman–Crippen MR) is 115 cm³/mol. The molecule has 0 unspecified atom stereocenters. The maximum atomic E-state index is 13.4. The van der Waals surface area contributed by atoms with E-state index in [4.69, 9.17) is 10.2 Å². The molecule has 0 aliphatic heterocycles. The number of nitrogens with zero attached hydrogens (tertiary/aromatic N) is 3. The Labute approximate surface area is 171 Å². The van der Waals surface area contributed by atoms with Gasteiger partial charge in [0.05, 0.1) is 22.7 Å². The second-order valence-corrected chi connectivity index (χ2v) is 8.58. The molecule has 138 valence electrons. The maximum absolute atomic E-state index is 13.4. The van der Waals surface area contributed by atoms with Crippen LogP contribution in [0.3, 0.4) is 0 Å². The summed E-state index contributed by atoms with van der Waals surface area (Å²) >= 11 is 3.09.